The molecule has 0 bridgehead atoms. The van der Waals surface area contributed by atoms with Gasteiger partial charge in [-0.15, -0.1) is 0 Å². The lowest BCUT2D eigenvalue weighted by Gasteiger charge is -2.20. The molecule has 0 aliphatic heterocycles. The first-order valence-electron chi connectivity index (χ1n) is 6.74. The van der Waals surface area contributed by atoms with Crippen LogP contribution in [0.1, 0.15) is 18.4 Å². The Balaban J connectivity index is 2.18. The minimum absolute atomic E-state index is 0.136. The van der Waals surface area contributed by atoms with Crippen LogP contribution in [-0.2, 0) is 15.6 Å². The van der Waals surface area contributed by atoms with Crippen molar-refractivity contribution in [3.05, 3.63) is 23.8 Å². The van der Waals surface area contributed by atoms with E-state index in [1.165, 1.54) is 18.4 Å². The first kappa shape index (κ1) is 16.1. The van der Waals surface area contributed by atoms with Crippen molar-refractivity contribution in [2.45, 2.75) is 18.3 Å². The first-order valence-corrected chi connectivity index (χ1v) is 8.18. The third kappa shape index (κ3) is 3.30. The molecule has 6 nitrogen and oxygen atoms in total. The number of nitrogens with one attached hydrogen (secondary N) is 1. The van der Waals surface area contributed by atoms with Crippen LogP contribution in [0.15, 0.2) is 18.2 Å². The standard InChI is InChI=1S/C14H22N2O4S/c1-16(2)21(17,18)15-10-14(7-8-14)11-5-6-12(19-3)13(9-11)20-4/h5-6,9,15H,7-8,10H2,1-4H3. The van der Waals surface area contributed by atoms with Crippen LogP contribution in [0.2, 0.25) is 0 Å². The van der Waals surface area contributed by atoms with Crippen LogP contribution >= 0.6 is 0 Å². The Hall–Kier alpha value is -1.31. The van der Waals surface area contributed by atoms with Gasteiger partial charge in [-0.1, -0.05) is 6.07 Å². The molecule has 0 unspecified atom stereocenters. The van der Waals surface area contributed by atoms with Crippen molar-refractivity contribution in [3.63, 3.8) is 0 Å². The lowest BCUT2D eigenvalue weighted by atomic mass is 9.96. The molecule has 1 aliphatic carbocycles. The van der Waals surface area contributed by atoms with Crippen molar-refractivity contribution < 1.29 is 17.9 Å². The predicted octanol–water partition coefficient (Wildman–Crippen LogP) is 1.13. The van der Waals surface area contributed by atoms with Crippen LogP contribution in [-0.4, -0.2) is 47.6 Å². The van der Waals surface area contributed by atoms with Gasteiger partial charge in [-0.2, -0.15) is 12.7 Å². The van der Waals surface area contributed by atoms with E-state index in [9.17, 15) is 8.42 Å². The van der Waals surface area contributed by atoms with E-state index in [0.29, 0.717) is 18.0 Å². The van der Waals surface area contributed by atoms with Gasteiger partial charge in [-0.3, -0.25) is 0 Å². The van der Waals surface area contributed by atoms with Gasteiger partial charge in [0.25, 0.3) is 10.2 Å². The quantitative estimate of drug-likeness (QED) is 0.819. The molecular weight excluding hydrogens is 292 g/mol. The summed E-state index contributed by atoms with van der Waals surface area (Å²) in [6.45, 7) is 0.392. The van der Waals surface area contributed by atoms with Crippen LogP contribution in [0, 0.1) is 0 Å². The average Bonchev–Trinajstić information content (AvgIpc) is 3.25. The molecule has 0 atom stereocenters. The van der Waals surface area contributed by atoms with E-state index in [2.05, 4.69) is 4.72 Å². The molecule has 1 fully saturated rings. The largest absolute Gasteiger partial charge is 0.493 e. The fourth-order valence-electron chi connectivity index (χ4n) is 2.24. The zero-order valence-electron chi connectivity index (χ0n) is 12.8. The third-order valence-electron chi connectivity index (χ3n) is 3.92. The van der Waals surface area contributed by atoms with Gasteiger partial charge in [0.05, 0.1) is 14.2 Å². The van der Waals surface area contributed by atoms with Crippen LogP contribution < -0.4 is 14.2 Å². The molecule has 2 rings (SSSR count). The van der Waals surface area contributed by atoms with Gasteiger partial charge in [-0.25, -0.2) is 4.72 Å². The summed E-state index contributed by atoms with van der Waals surface area (Å²) in [5.41, 5.74) is 0.935. The summed E-state index contributed by atoms with van der Waals surface area (Å²) >= 11 is 0. The second-order valence-corrected chi connectivity index (χ2v) is 7.43. The Bertz CT molecular complexity index is 609. The normalized spacial score (nSPS) is 16.8. The molecule has 1 N–H and O–H groups in total. The van der Waals surface area contributed by atoms with E-state index < -0.39 is 10.2 Å². The van der Waals surface area contributed by atoms with Crippen molar-refractivity contribution in [2.75, 3.05) is 34.9 Å². The van der Waals surface area contributed by atoms with E-state index in [1.54, 1.807) is 14.2 Å². The highest BCUT2D eigenvalue weighted by molar-refractivity contribution is 7.87. The lowest BCUT2D eigenvalue weighted by molar-refractivity contribution is 0.354. The van der Waals surface area contributed by atoms with Gasteiger partial charge in [-0.05, 0) is 30.5 Å². The number of methoxy groups -OCH3 is 2. The summed E-state index contributed by atoms with van der Waals surface area (Å²) in [4.78, 5) is 0. The maximum absolute atomic E-state index is 11.8. The van der Waals surface area contributed by atoms with Gasteiger partial charge in [0.1, 0.15) is 0 Å². The topological polar surface area (TPSA) is 67.9 Å². The van der Waals surface area contributed by atoms with Crippen molar-refractivity contribution >= 4 is 10.2 Å². The Kier molecular flexibility index (Phi) is 4.46. The summed E-state index contributed by atoms with van der Waals surface area (Å²) in [6.07, 6.45) is 1.91. The van der Waals surface area contributed by atoms with Gasteiger partial charge >= 0.3 is 0 Å². The number of nitrogens with zero attached hydrogens (tertiary/aromatic N) is 1. The summed E-state index contributed by atoms with van der Waals surface area (Å²) in [5, 5.41) is 0. The summed E-state index contributed by atoms with van der Waals surface area (Å²) < 4.78 is 38.0. The lowest BCUT2D eigenvalue weighted by Crippen LogP contribution is -2.39. The Morgan fingerprint density at radius 1 is 1.19 bits per heavy atom. The van der Waals surface area contributed by atoms with Gasteiger partial charge in [0.2, 0.25) is 0 Å². The van der Waals surface area contributed by atoms with Crippen molar-refractivity contribution in [3.8, 4) is 11.5 Å². The highest BCUT2D eigenvalue weighted by Crippen LogP contribution is 2.49. The van der Waals surface area contributed by atoms with Gasteiger partial charge in [0.15, 0.2) is 11.5 Å². The molecule has 1 aromatic carbocycles. The van der Waals surface area contributed by atoms with E-state index >= 15 is 0 Å². The first-order chi connectivity index (χ1) is 9.84. The SMILES string of the molecule is COc1ccc(C2(CNS(=O)(=O)N(C)C)CC2)cc1OC. The van der Waals surface area contributed by atoms with Crippen LogP contribution in [0.4, 0.5) is 0 Å². The second-order valence-electron chi connectivity index (χ2n) is 5.46. The molecule has 1 saturated carbocycles. The predicted molar refractivity (Wildman–Crippen MR) is 81.1 cm³/mol. The van der Waals surface area contributed by atoms with Crippen LogP contribution in [0.25, 0.3) is 0 Å². The van der Waals surface area contributed by atoms with Gasteiger partial charge < -0.3 is 9.47 Å². The monoisotopic (exact) mass is 314 g/mol. The number of rotatable bonds is 7. The van der Waals surface area contributed by atoms with Crippen molar-refractivity contribution in [2.24, 2.45) is 0 Å². The van der Waals surface area contributed by atoms with E-state index in [0.717, 1.165) is 18.4 Å². The van der Waals surface area contributed by atoms with Crippen LogP contribution in [0.3, 0.4) is 0 Å². The fraction of sp³-hybridized carbons (Fsp3) is 0.571. The number of hydrogen-bond acceptors (Lipinski definition) is 4. The molecule has 0 spiro atoms. The molecular formula is C14H22N2O4S. The Labute approximate surface area is 126 Å². The molecule has 1 aliphatic rings. The molecule has 118 valence electrons. The molecule has 0 aromatic heterocycles. The zero-order valence-corrected chi connectivity index (χ0v) is 13.7. The maximum atomic E-state index is 11.8. The highest BCUT2D eigenvalue weighted by Gasteiger charge is 2.45. The van der Waals surface area contributed by atoms with Crippen molar-refractivity contribution in [1.82, 2.24) is 9.03 Å². The summed E-state index contributed by atoms with van der Waals surface area (Å²) in [7, 11) is 2.81. The summed E-state index contributed by atoms with van der Waals surface area (Å²) in [5.74, 6) is 1.34. The fourth-order valence-corrected chi connectivity index (χ4v) is 2.96. The maximum Gasteiger partial charge on any atom is 0.278 e. The Morgan fingerprint density at radius 3 is 2.29 bits per heavy atom. The van der Waals surface area contributed by atoms with Gasteiger partial charge in [0, 0.05) is 26.1 Å². The molecule has 1 aromatic rings. The van der Waals surface area contributed by atoms with E-state index in [-0.39, 0.29) is 5.41 Å². The number of hydrogen-bond donors (Lipinski definition) is 1. The minimum atomic E-state index is -3.40. The minimum Gasteiger partial charge on any atom is -0.493 e. The Morgan fingerprint density at radius 2 is 1.81 bits per heavy atom. The van der Waals surface area contributed by atoms with E-state index in [1.807, 2.05) is 18.2 Å². The summed E-state index contributed by atoms with van der Waals surface area (Å²) in [6, 6.07) is 5.75. The van der Waals surface area contributed by atoms with Crippen LogP contribution in [0.5, 0.6) is 11.5 Å². The van der Waals surface area contributed by atoms with Crippen molar-refractivity contribution in [1.29, 1.82) is 0 Å². The third-order valence-corrected chi connectivity index (χ3v) is 5.39. The molecule has 21 heavy (non-hydrogen) atoms. The second kappa shape index (κ2) is 5.82. The molecule has 0 amide bonds. The molecule has 0 heterocycles. The number of benzene rings is 1. The molecule has 0 saturated heterocycles. The average molecular weight is 314 g/mol. The van der Waals surface area contributed by atoms with E-state index in [4.69, 9.17) is 9.47 Å². The molecule has 7 heteroatoms. The zero-order chi connectivity index (χ0) is 15.7. The number of ether oxygens (including phenoxy) is 2. The smallest absolute Gasteiger partial charge is 0.278 e. The highest BCUT2D eigenvalue weighted by atomic mass is 32.2. The molecule has 0 radical (unpaired) electrons.